The molecule has 2 aromatic heterocycles. The Kier molecular flexibility index (Phi) is 4.58. The Morgan fingerprint density at radius 2 is 2.19 bits per heavy atom. The van der Waals surface area contributed by atoms with Gasteiger partial charge in [-0.25, -0.2) is 14.4 Å². The van der Waals surface area contributed by atoms with Gasteiger partial charge in [-0.05, 0) is 25.0 Å². The van der Waals surface area contributed by atoms with Crippen LogP contribution in [0.4, 0.5) is 10.2 Å². The molecule has 1 N–H and O–H groups in total. The number of aryl methyl sites for hydroxylation is 1. The van der Waals surface area contributed by atoms with Crippen molar-refractivity contribution in [2.24, 2.45) is 0 Å². The Labute approximate surface area is 151 Å². The van der Waals surface area contributed by atoms with Gasteiger partial charge in [0.25, 0.3) is 0 Å². The molecule has 0 aromatic carbocycles. The minimum absolute atomic E-state index is 0.0222. The summed E-state index contributed by atoms with van der Waals surface area (Å²) in [6, 6.07) is 4.13. The van der Waals surface area contributed by atoms with Crippen LogP contribution in [0, 0.1) is 5.82 Å². The van der Waals surface area contributed by atoms with Gasteiger partial charge in [0.05, 0.1) is 25.0 Å². The number of hydrogen-bond donors (Lipinski definition) is 1. The summed E-state index contributed by atoms with van der Waals surface area (Å²) >= 11 is 0. The number of furan rings is 1. The maximum absolute atomic E-state index is 14.5. The van der Waals surface area contributed by atoms with Crippen LogP contribution in [-0.2, 0) is 17.8 Å². The number of amides is 1. The Morgan fingerprint density at radius 3 is 2.88 bits per heavy atom. The molecule has 5 heterocycles. The van der Waals surface area contributed by atoms with E-state index in [9.17, 15) is 9.18 Å². The highest BCUT2D eigenvalue weighted by Crippen LogP contribution is 2.34. The van der Waals surface area contributed by atoms with Gasteiger partial charge in [-0.1, -0.05) is 6.92 Å². The summed E-state index contributed by atoms with van der Waals surface area (Å²) in [5.41, 5.74) is 0.448. The third-order valence-corrected chi connectivity index (χ3v) is 5.19. The van der Waals surface area contributed by atoms with Gasteiger partial charge < -0.3 is 14.6 Å². The molecule has 0 spiro atoms. The zero-order valence-corrected chi connectivity index (χ0v) is 14.7. The summed E-state index contributed by atoms with van der Waals surface area (Å²) in [7, 11) is 0. The molecule has 3 aliphatic heterocycles. The van der Waals surface area contributed by atoms with Crippen LogP contribution in [0.15, 0.2) is 29.1 Å². The van der Waals surface area contributed by atoms with Crippen molar-refractivity contribution in [3.63, 3.8) is 0 Å². The molecular weight excluding hydrogens is 337 g/mol. The predicted octanol–water partition coefficient (Wildman–Crippen LogP) is 1.35. The van der Waals surface area contributed by atoms with Crippen molar-refractivity contribution in [2.75, 3.05) is 24.5 Å². The van der Waals surface area contributed by atoms with E-state index in [4.69, 9.17) is 4.42 Å². The fourth-order valence-corrected chi connectivity index (χ4v) is 3.80. The summed E-state index contributed by atoms with van der Waals surface area (Å²) in [5, 5.41) is 2.87. The zero-order valence-electron chi connectivity index (χ0n) is 14.7. The normalized spacial score (nSPS) is 22.2. The number of hydrogen-bond acceptors (Lipinski definition) is 6. The van der Waals surface area contributed by atoms with Crippen LogP contribution in [-0.4, -0.2) is 52.5 Å². The minimum Gasteiger partial charge on any atom is -0.467 e. The molecule has 3 saturated heterocycles. The predicted molar refractivity (Wildman–Crippen MR) is 93.0 cm³/mol. The van der Waals surface area contributed by atoms with Crippen LogP contribution in [0.3, 0.4) is 0 Å². The Bertz CT molecular complexity index is 770. The van der Waals surface area contributed by atoms with E-state index in [1.807, 2.05) is 17.9 Å². The van der Waals surface area contributed by atoms with Crippen molar-refractivity contribution in [1.29, 1.82) is 0 Å². The molecule has 8 heteroatoms. The number of halogens is 1. The van der Waals surface area contributed by atoms with Gasteiger partial charge in [0.2, 0.25) is 5.91 Å². The first-order valence-corrected chi connectivity index (χ1v) is 8.94. The standard InChI is InChI=1S/C18H22FN5O2/c1-2-15-17(19)18(22-11-21-15)23-8-12-6-13(9-23)24(12)10-16(25)20-7-14-4-3-5-26-14/h3-5,11-13H,2,6-10H2,1H3,(H,20,25). The van der Waals surface area contributed by atoms with Crippen molar-refractivity contribution in [1.82, 2.24) is 20.2 Å². The van der Waals surface area contributed by atoms with Crippen LogP contribution >= 0.6 is 0 Å². The average molecular weight is 359 g/mol. The third kappa shape index (κ3) is 3.16. The lowest BCUT2D eigenvalue weighted by Crippen LogP contribution is -2.70. The maximum atomic E-state index is 14.5. The highest BCUT2D eigenvalue weighted by molar-refractivity contribution is 5.78. The first kappa shape index (κ1) is 17.0. The number of piperazine rings is 1. The molecule has 2 aromatic rings. The van der Waals surface area contributed by atoms with E-state index >= 15 is 0 Å². The molecule has 26 heavy (non-hydrogen) atoms. The lowest BCUT2D eigenvalue weighted by atomic mass is 9.87. The van der Waals surface area contributed by atoms with E-state index in [0.29, 0.717) is 44.1 Å². The molecule has 3 fully saturated rings. The highest BCUT2D eigenvalue weighted by Gasteiger charge is 2.46. The number of anilines is 1. The van der Waals surface area contributed by atoms with Crippen LogP contribution in [0.5, 0.6) is 0 Å². The summed E-state index contributed by atoms with van der Waals surface area (Å²) in [6.45, 7) is 3.99. The summed E-state index contributed by atoms with van der Waals surface area (Å²) in [5.74, 6) is 0.776. The molecule has 3 aliphatic rings. The Morgan fingerprint density at radius 1 is 1.38 bits per heavy atom. The summed E-state index contributed by atoms with van der Waals surface area (Å²) in [4.78, 5) is 24.5. The molecule has 2 atom stereocenters. The molecule has 2 unspecified atom stereocenters. The third-order valence-electron chi connectivity index (χ3n) is 5.19. The van der Waals surface area contributed by atoms with Gasteiger partial charge >= 0.3 is 0 Å². The van der Waals surface area contributed by atoms with Crippen LogP contribution in [0.2, 0.25) is 0 Å². The second-order valence-electron chi connectivity index (χ2n) is 6.79. The Balaban J connectivity index is 1.33. The van der Waals surface area contributed by atoms with Gasteiger partial charge in [-0.3, -0.25) is 9.69 Å². The average Bonchev–Trinajstić information content (AvgIpc) is 3.18. The van der Waals surface area contributed by atoms with Crippen LogP contribution in [0.25, 0.3) is 0 Å². The number of fused-ring (bicyclic) bond motifs is 2. The number of rotatable bonds is 6. The second-order valence-corrected chi connectivity index (χ2v) is 6.79. The SMILES string of the molecule is CCc1ncnc(N2CC3CC(C2)N3CC(=O)NCc2ccco2)c1F. The van der Waals surface area contributed by atoms with E-state index in [-0.39, 0.29) is 23.8 Å². The van der Waals surface area contributed by atoms with Crippen molar-refractivity contribution >= 4 is 11.7 Å². The molecule has 7 nitrogen and oxygen atoms in total. The number of carbonyl (C=O) groups excluding carboxylic acids is 1. The van der Waals surface area contributed by atoms with Crippen LogP contribution < -0.4 is 10.2 Å². The number of carbonyl (C=O) groups is 1. The van der Waals surface area contributed by atoms with Gasteiger partial charge in [-0.2, -0.15) is 0 Å². The quantitative estimate of drug-likeness (QED) is 0.839. The number of nitrogens with zero attached hydrogens (tertiary/aromatic N) is 4. The molecule has 0 radical (unpaired) electrons. The van der Waals surface area contributed by atoms with Crippen molar-refractivity contribution in [3.05, 3.63) is 42.0 Å². The van der Waals surface area contributed by atoms with E-state index in [0.717, 1.165) is 12.2 Å². The molecule has 2 bridgehead atoms. The molecule has 0 saturated carbocycles. The number of piperidine rings is 1. The van der Waals surface area contributed by atoms with Gasteiger partial charge in [0, 0.05) is 25.2 Å². The number of nitrogens with one attached hydrogen (secondary N) is 1. The Hall–Kier alpha value is -2.48. The van der Waals surface area contributed by atoms with Gasteiger partial charge in [0.1, 0.15) is 12.1 Å². The van der Waals surface area contributed by atoms with Gasteiger partial charge in [-0.15, -0.1) is 0 Å². The topological polar surface area (TPSA) is 74.5 Å². The second kappa shape index (κ2) is 7.03. The highest BCUT2D eigenvalue weighted by atomic mass is 19.1. The van der Waals surface area contributed by atoms with Crippen LogP contribution in [0.1, 0.15) is 24.8 Å². The first-order valence-electron chi connectivity index (χ1n) is 8.94. The fourth-order valence-electron chi connectivity index (χ4n) is 3.80. The van der Waals surface area contributed by atoms with Crippen molar-refractivity contribution in [2.45, 2.75) is 38.4 Å². The largest absolute Gasteiger partial charge is 0.467 e. The maximum Gasteiger partial charge on any atom is 0.234 e. The minimum atomic E-state index is -0.320. The number of aromatic nitrogens is 2. The first-order chi connectivity index (χ1) is 12.7. The van der Waals surface area contributed by atoms with Crippen molar-refractivity contribution in [3.8, 4) is 0 Å². The molecule has 1 amide bonds. The van der Waals surface area contributed by atoms with Gasteiger partial charge in [0.15, 0.2) is 11.6 Å². The van der Waals surface area contributed by atoms with E-state index in [2.05, 4.69) is 20.2 Å². The fraction of sp³-hybridized carbons (Fsp3) is 0.500. The molecule has 138 valence electrons. The molecule has 5 rings (SSSR count). The summed E-state index contributed by atoms with van der Waals surface area (Å²) in [6.07, 6.45) is 4.60. The van der Waals surface area contributed by atoms with E-state index < -0.39 is 0 Å². The summed E-state index contributed by atoms with van der Waals surface area (Å²) < 4.78 is 19.7. The lowest BCUT2D eigenvalue weighted by molar-refractivity contribution is -0.127. The van der Waals surface area contributed by atoms with Crippen molar-refractivity contribution < 1.29 is 13.6 Å². The molecule has 0 aliphatic carbocycles. The lowest BCUT2D eigenvalue weighted by Gasteiger charge is -2.56. The smallest absolute Gasteiger partial charge is 0.234 e. The molecular formula is C18H22FN5O2. The van der Waals surface area contributed by atoms with E-state index in [1.165, 1.54) is 6.33 Å². The zero-order chi connectivity index (χ0) is 18.1. The monoisotopic (exact) mass is 359 g/mol. The van der Waals surface area contributed by atoms with E-state index in [1.54, 1.807) is 12.3 Å².